The van der Waals surface area contributed by atoms with Crippen molar-refractivity contribution in [1.29, 1.82) is 0 Å². The average molecular weight is 351 g/mol. The van der Waals surface area contributed by atoms with E-state index in [9.17, 15) is 0 Å². The van der Waals surface area contributed by atoms with Gasteiger partial charge in [-0.3, -0.25) is 9.89 Å². The van der Waals surface area contributed by atoms with Crippen LogP contribution in [0.25, 0.3) is 0 Å². The Balaban J connectivity index is 1.54. The van der Waals surface area contributed by atoms with Gasteiger partial charge in [0, 0.05) is 56.2 Å². The van der Waals surface area contributed by atoms with E-state index in [0.717, 1.165) is 25.7 Å². The highest BCUT2D eigenvalue weighted by Gasteiger charge is 2.65. The van der Waals surface area contributed by atoms with Gasteiger partial charge in [-0.05, 0) is 47.0 Å². The summed E-state index contributed by atoms with van der Waals surface area (Å²) in [6, 6.07) is 1.68. The first-order chi connectivity index (χ1) is 12.0. The molecule has 2 N–H and O–H groups in total. The van der Waals surface area contributed by atoms with Crippen LogP contribution < -0.4 is 10.6 Å². The standard InChI is InChI=1S/C20H38N4O/c1-14(2)24(15(3)4)12-11-22-19(21-5)23-17-16-8-13-25-18(16)20(17)9-6-7-10-20/h14-18H,6-13H2,1-5H3,(H2,21,22,23). The fraction of sp³-hybridized carbons (Fsp3) is 0.950. The molecule has 1 aliphatic heterocycles. The summed E-state index contributed by atoms with van der Waals surface area (Å²) in [4.78, 5) is 7.02. The fourth-order valence-electron chi connectivity index (χ4n) is 5.66. The Bertz CT molecular complexity index is 462. The molecule has 0 aromatic heterocycles. The minimum Gasteiger partial charge on any atom is -0.377 e. The van der Waals surface area contributed by atoms with Gasteiger partial charge in [0.15, 0.2) is 5.96 Å². The third-order valence-electron chi connectivity index (χ3n) is 6.79. The number of aliphatic imine (C=N–C) groups is 1. The monoisotopic (exact) mass is 350 g/mol. The van der Waals surface area contributed by atoms with Crippen molar-refractivity contribution in [2.75, 3.05) is 26.7 Å². The zero-order valence-corrected chi connectivity index (χ0v) is 16.8. The number of nitrogens with zero attached hydrogens (tertiary/aromatic N) is 2. The highest BCUT2D eigenvalue weighted by molar-refractivity contribution is 5.80. The first-order valence-corrected chi connectivity index (χ1v) is 10.3. The molecule has 3 aliphatic rings. The lowest BCUT2D eigenvalue weighted by molar-refractivity contribution is -0.125. The number of hydrogen-bond acceptors (Lipinski definition) is 3. The second-order valence-electron chi connectivity index (χ2n) is 8.73. The number of ether oxygens (including phenoxy) is 1. The number of nitrogens with one attached hydrogen (secondary N) is 2. The number of guanidine groups is 1. The predicted molar refractivity (Wildman–Crippen MR) is 104 cm³/mol. The maximum atomic E-state index is 6.09. The Kier molecular flexibility index (Phi) is 5.94. The third-order valence-corrected chi connectivity index (χ3v) is 6.79. The van der Waals surface area contributed by atoms with Crippen LogP contribution in [-0.4, -0.2) is 61.8 Å². The third kappa shape index (κ3) is 3.55. The minimum atomic E-state index is 0.376. The van der Waals surface area contributed by atoms with Crippen LogP contribution in [0.3, 0.4) is 0 Å². The molecule has 5 nitrogen and oxygen atoms in total. The van der Waals surface area contributed by atoms with Crippen LogP contribution in [0.4, 0.5) is 0 Å². The van der Waals surface area contributed by atoms with Crippen molar-refractivity contribution in [2.45, 2.75) is 84.0 Å². The Morgan fingerprint density at radius 3 is 2.48 bits per heavy atom. The minimum absolute atomic E-state index is 0.376. The van der Waals surface area contributed by atoms with Crippen LogP contribution in [0.5, 0.6) is 0 Å². The highest BCUT2D eigenvalue weighted by Crippen LogP contribution is 2.60. The van der Waals surface area contributed by atoms with Crippen molar-refractivity contribution < 1.29 is 4.74 Å². The molecule has 5 heteroatoms. The van der Waals surface area contributed by atoms with Crippen LogP contribution in [-0.2, 0) is 4.74 Å². The van der Waals surface area contributed by atoms with E-state index in [2.05, 4.69) is 48.2 Å². The predicted octanol–water partition coefficient (Wildman–Crippen LogP) is 2.62. The zero-order valence-electron chi connectivity index (χ0n) is 16.8. The van der Waals surface area contributed by atoms with Crippen LogP contribution >= 0.6 is 0 Å². The first kappa shape index (κ1) is 19.0. The van der Waals surface area contributed by atoms with Crippen molar-refractivity contribution in [3.63, 3.8) is 0 Å². The summed E-state index contributed by atoms with van der Waals surface area (Å²) in [5.74, 6) is 1.65. The average Bonchev–Trinajstić information content (AvgIpc) is 3.21. The lowest BCUT2D eigenvalue weighted by atomic mass is 9.54. The SMILES string of the molecule is CN=C(NCCN(C(C)C)C(C)C)NC1C2CCOC2C12CCCC2. The molecule has 0 radical (unpaired) electrons. The molecule has 1 spiro atoms. The van der Waals surface area contributed by atoms with Gasteiger partial charge in [0.2, 0.25) is 0 Å². The summed E-state index contributed by atoms with van der Waals surface area (Å²) < 4.78 is 6.09. The summed E-state index contributed by atoms with van der Waals surface area (Å²) >= 11 is 0. The molecule has 0 amide bonds. The topological polar surface area (TPSA) is 48.9 Å². The molecule has 3 rings (SSSR count). The Labute approximate surface area is 154 Å². The second-order valence-corrected chi connectivity index (χ2v) is 8.73. The van der Waals surface area contributed by atoms with Crippen LogP contribution in [0, 0.1) is 11.3 Å². The molecular formula is C20H38N4O. The molecule has 25 heavy (non-hydrogen) atoms. The van der Waals surface area contributed by atoms with Gasteiger partial charge in [0.1, 0.15) is 0 Å². The van der Waals surface area contributed by atoms with Crippen molar-refractivity contribution in [3.8, 4) is 0 Å². The maximum absolute atomic E-state index is 6.09. The first-order valence-electron chi connectivity index (χ1n) is 10.3. The number of hydrogen-bond donors (Lipinski definition) is 2. The summed E-state index contributed by atoms with van der Waals surface area (Å²) in [6.07, 6.45) is 7.05. The molecule has 3 unspecified atom stereocenters. The Hall–Kier alpha value is -0.810. The molecule has 0 aromatic rings. The molecule has 3 atom stereocenters. The van der Waals surface area contributed by atoms with E-state index < -0.39 is 0 Å². The molecular weight excluding hydrogens is 312 g/mol. The lowest BCUT2D eigenvalue weighted by Crippen LogP contribution is -2.69. The molecule has 0 aromatic carbocycles. The quantitative estimate of drug-likeness (QED) is 0.571. The number of rotatable bonds is 6. The lowest BCUT2D eigenvalue weighted by Gasteiger charge is -2.57. The van der Waals surface area contributed by atoms with E-state index in [1.165, 1.54) is 32.1 Å². The van der Waals surface area contributed by atoms with Crippen LogP contribution in [0.15, 0.2) is 4.99 Å². The van der Waals surface area contributed by atoms with Crippen molar-refractivity contribution >= 4 is 5.96 Å². The van der Waals surface area contributed by atoms with E-state index in [1.54, 1.807) is 0 Å². The largest absolute Gasteiger partial charge is 0.377 e. The molecule has 2 aliphatic carbocycles. The maximum Gasteiger partial charge on any atom is 0.191 e. The Morgan fingerprint density at radius 1 is 1.20 bits per heavy atom. The van der Waals surface area contributed by atoms with Crippen LogP contribution in [0.1, 0.15) is 59.8 Å². The fourth-order valence-corrected chi connectivity index (χ4v) is 5.66. The van der Waals surface area contributed by atoms with Gasteiger partial charge >= 0.3 is 0 Å². The number of fused-ring (bicyclic) bond motifs is 2. The van der Waals surface area contributed by atoms with Gasteiger partial charge in [0.25, 0.3) is 0 Å². The van der Waals surface area contributed by atoms with E-state index >= 15 is 0 Å². The van der Waals surface area contributed by atoms with E-state index in [4.69, 9.17) is 4.74 Å². The van der Waals surface area contributed by atoms with E-state index in [0.29, 0.717) is 35.6 Å². The molecule has 2 saturated carbocycles. The Morgan fingerprint density at radius 2 is 1.88 bits per heavy atom. The van der Waals surface area contributed by atoms with Crippen molar-refractivity contribution in [1.82, 2.24) is 15.5 Å². The molecule has 144 valence electrons. The zero-order chi connectivity index (χ0) is 18.0. The van der Waals surface area contributed by atoms with Gasteiger partial charge in [-0.1, -0.05) is 12.8 Å². The summed E-state index contributed by atoms with van der Waals surface area (Å²) in [5, 5.41) is 7.33. The van der Waals surface area contributed by atoms with Gasteiger partial charge in [-0.25, -0.2) is 0 Å². The van der Waals surface area contributed by atoms with E-state index in [-0.39, 0.29) is 0 Å². The molecule has 0 bridgehead atoms. The molecule has 1 saturated heterocycles. The van der Waals surface area contributed by atoms with Gasteiger partial charge in [-0.2, -0.15) is 0 Å². The smallest absolute Gasteiger partial charge is 0.191 e. The highest BCUT2D eigenvalue weighted by atomic mass is 16.5. The van der Waals surface area contributed by atoms with E-state index in [1.807, 2.05) is 7.05 Å². The second kappa shape index (κ2) is 7.83. The molecule has 3 fully saturated rings. The van der Waals surface area contributed by atoms with Gasteiger partial charge in [-0.15, -0.1) is 0 Å². The molecule has 1 heterocycles. The summed E-state index contributed by atoms with van der Waals surface area (Å²) in [5.41, 5.74) is 0.376. The van der Waals surface area contributed by atoms with Crippen LogP contribution in [0.2, 0.25) is 0 Å². The normalized spacial score (nSPS) is 31.0. The van der Waals surface area contributed by atoms with Crippen molar-refractivity contribution in [2.24, 2.45) is 16.3 Å². The van der Waals surface area contributed by atoms with Gasteiger partial charge < -0.3 is 15.4 Å². The summed E-state index contributed by atoms with van der Waals surface area (Å²) in [6.45, 7) is 12.0. The van der Waals surface area contributed by atoms with Crippen molar-refractivity contribution in [3.05, 3.63) is 0 Å². The van der Waals surface area contributed by atoms with Gasteiger partial charge in [0.05, 0.1) is 6.10 Å². The summed E-state index contributed by atoms with van der Waals surface area (Å²) in [7, 11) is 1.89.